The Morgan fingerprint density at radius 3 is 2.62 bits per heavy atom. The Kier molecular flexibility index (Phi) is 5.47. The zero-order valence-electron chi connectivity index (χ0n) is 11.5. The maximum atomic E-state index is 13.9. The fourth-order valence-corrected chi connectivity index (χ4v) is 2.34. The van der Waals surface area contributed by atoms with Crippen LogP contribution in [-0.2, 0) is 17.9 Å². The molecule has 0 aliphatic heterocycles. The third-order valence-electron chi connectivity index (χ3n) is 3.05. The molecule has 0 saturated carbocycles. The summed E-state index contributed by atoms with van der Waals surface area (Å²) >= 11 is 3.07. The van der Waals surface area contributed by atoms with Crippen molar-refractivity contribution < 1.29 is 13.9 Å². The quantitative estimate of drug-likeness (QED) is 0.892. The van der Waals surface area contributed by atoms with Gasteiger partial charge in [0.2, 0.25) is 0 Å². The molecule has 2 aromatic rings. The van der Waals surface area contributed by atoms with Gasteiger partial charge in [-0.3, -0.25) is 4.79 Å². The molecule has 2 rings (SSSR count). The summed E-state index contributed by atoms with van der Waals surface area (Å²) in [4.78, 5) is 12.1. The van der Waals surface area contributed by atoms with Crippen molar-refractivity contribution >= 4 is 21.8 Å². The second-order valence-corrected chi connectivity index (χ2v) is 5.34. The summed E-state index contributed by atoms with van der Waals surface area (Å²) in [6, 6.07) is 12.3. The van der Waals surface area contributed by atoms with Crippen LogP contribution in [0.25, 0.3) is 0 Å². The molecule has 2 aromatic carbocycles. The van der Waals surface area contributed by atoms with Crippen molar-refractivity contribution in [3.63, 3.8) is 0 Å². The lowest BCUT2D eigenvalue weighted by Gasteiger charge is -2.10. The van der Waals surface area contributed by atoms with Gasteiger partial charge in [0, 0.05) is 13.7 Å². The van der Waals surface area contributed by atoms with Crippen molar-refractivity contribution in [2.45, 2.75) is 13.2 Å². The van der Waals surface area contributed by atoms with E-state index in [-0.39, 0.29) is 10.0 Å². The highest BCUT2D eigenvalue weighted by Gasteiger charge is 2.13. The molecule has 1 amide bonds. The maximum absolute atomic E-state index is 13.9. The number of ether oxygens (including phenoxy) is 1. The molecule has 0 aliphatic rings. The molecule has 0 saturated heterocycles. The first-order valence-corrected chi connectivity index (χ1v) is 7.20. The van der Waals surface area contributed by atoms with E-state index in [0.29, 0.717) is 13.2 Å². The molecule has 0 unspecified atom stereocenters. The van der Waals surface area contributed by atoms with Gasteiger partial charge in [-0.2, -0.15) is 0 Å². The molecule has 0 heterocycles. The average molecular weight is 352 g/mol. The Morgan fingerprint density at radius 2 is 1.90 bits per heavy atom. The number of amides is 1. The van der Waals surface area contributed by atoms with Gasteiger partial charge < -0.3 is 10.1 Å². The van der Waals surface area contributed by atoms with Crippen molar-refractivity contribution in [3.8, 4) is 0 Å². The predicted molar refractivity (Wildman–Crippen MR) is 82.4 cm³/mol. The summed E-state index contributed by atoms with van der Waals surface area (Å²) < 4.78 is 19.2. The first-order chi connectivity index (χ1) is 10.1. The molecule has 21 heavy (non-hydrogen) atoms. The van der Waals surface area contributed by atoms with Crippen LogP contribution in [0.5, 0.6) is 0 Å². The Bertz CT molecular complexity index is 646. The number of carbonyl (C=O) groups is 1. The maximum Gasteiger partial charge on any atom is 0.254 e. The lowest BCUT2D eigenvalue weighted by Crippen LogP contribution is -2.24. The van der Waals surface area contributed by atoms with Gasteiger partial charge in [-0.15, -0.1) is 0 Å². The summed E-state index contributed by atoms with van der Waals surface area (Å²) in [5.41, 5.74) is 1.96. The first-order valence-electron chi connectivity index (χ1n) is 6.41. The van der Waals surface area contributed by atoms with Crippen molar-refractivity contribution in [2.75, 3.05) is 7.11 Å². The molecule has 5 heteroatoms. The SMILES string of the molecule is COCc1ccccc1CNC(=O)c1cccc(Br)c1F. The minimum atomic E-state index is -0.555. The summed E-state index contributed by atoms with van der Waals surface area (Å²) in [5, 5.41) is 2.73. The summed E-state index contributed by atoms with van der Waals surface area (Å²) in [6.07, 6.45) is 0. The van der Waals surface area contributed by atoms with Crippen LogP contribution in [0.15, 0.2) is 46.9 Å². The van der Waals surface area contributed by atoms with Gasteiger partial charge >= 0.3 is 0 Å². The van der Waals surface area contributed by atoms with Crippen LogP contribution in [-0.4, -0.2) is 13.0 Å². The Morgan fingerprint density at radius 1 is 1.19 bits per heavy atom. The molecule has 1 N–H and O–H groups in total. The number of hydrogen-bond acceptors (Lipinski definition) is 2. The minimum Gasteiger partial charge on any atom is -0.380 e. The third-order valence-corrected chi connectivity index (χ3v) is 3.67. The van der Waals surface area contributed by atoms with Crippen LogP contribution in [0.1, 0.15) is 21.5 Å². The largest absolute Gasteiger partial charge is 0.380 e. The van der Waals surface area contributed by atoms with Crippen molar-refractivity contribution in [1.82, 2.24) is 5.32 Å². The molecule has 0 spiro atoms. The third kappa shape index (κ3) is 3.89. The van der Waals surface area contributed by atoms with Crippen LogP contribution in [0.3, 0.4) is 0 Å². The second kappa shape index (κ2) is 7.33. The van der Waals surface area contributed by atoms with E-state index in [4.69, 9.17) is 4.74 Å². The van der Waals surface area contributed by atoms with Crippen LogP contribution in [0.2, 0.25) is 0 Å². The smallest absolute Gasteiger partial charge is 0.254 e. The molecule has 0 aromatic heterocycles. The number of nitrogens with one attached hydrogen (secondary N) is 1. The fourth-order valence-electron chi connectivity index (χ4n) is 1.98. The van der Waals surface area contributed by atoms with Gasteiger partial charge in [0.05, 0.1) is 16.6 Å². The zero-order chi connectivity index (χ0) is 15.2. The summed E-state index contributed by atoms with van der Waals surface area (Å²) in [5.74, 6) is -0.999. The molecule has 110 valence electrons. The number of methoxy groups -OCH3 is 1. The van der Waals surface area contributed by atoms with E-state index in [1.807, 2.05) is 24.3 Å². The van der Waals surface area contributed by atoms with Crippen molar-refractivity contribution in [3.05, 3.63) is 69.4 Å². The second-order valence-electron chi connectivity index (χ2n) is 4.49. The molecule has 0 atom stereocenters. The standard InChI is InChI=1S/C16H15BrFNO2/c1-21-10-12-6-3-2-5-11(12)9-19-16(20)13-7-4-8-14(17)15(13)18/h2-8H,9-10H2,1H3,(H,19,20). The lowest BCUT2D eigenvalue weighted by atomic mass is 10.1. The predicted octanol–water partition coefficient (Wildman–Crippen LogP) is 3.66. The van der Waals surface area contributed by atoms with E-state index >= 15 is 0 Å². The number of carbonyl (C=O) groups excluding carboxylic acids is 1. The minimum absolute atomic E-state index is 0.0218. The molecule has 0 radical (unpaired) electrons. The van der Waals surface area contributed by atoms with E-state index in [1.54, 1.807) is 19.2 Å². The number of rotatable bonds is 5. The Labute approximate surface area is 131 Å². The van der Waals surface area contributed by atoms with E-state index in [2.05, 4.69) is 21.2 Å². The number of halogens is 2. The van der Waals surface area contributed by atoms with Gasteiger partial charge in [-0.25, -0.2) is 4.39 Å². The normalized spacial score (nSPS) is 10.4. The molecule has 0 fully saturated rings. The molecule has 0 aliphatic carbocycles. The van der Waals surface area contributed by atoms with Crippen molar-refractivity contribution in [2.24, 2.45) is 0 Å². The molecular weight excluding hydrogens is 337 g/mol. The highest BCUT2D eigenvalue weighted by molar-refractivity contribution is 9.10. The zero-order valence-corrected chi connectivity index (χ0v) is 13.1. The van der Waals surface area contributed by atoms with Gasteiger partial charge in [0.1, 0.15) is 5.82 Å². The number of benzene rings is 2. The van der Waals surface area contributed by atoms with Gasteiger partial charge in [-0.05, 0) is 39.2 Å². The first kappa shape index (κ1) is 15.7. The van der Waals surface area contributed by atoms with Crippen LogP contribution in [0.4, 0.5) is 4.39 Å². The lowest BCUT2D eigenvalue weighted by molar-refractivity contribution is 0.0946. The monoisotopic (exact) mass is 351 g/mol. The van der Waals surface area contributed by atoms with Gasteiger partial charge in [0.15, 0.2) is 0 Å². The summed E-state index contributed by atoms with van der Waals surface area (Å²) in [7, 11) is 1.62. The fraction of sp³-hybridized carbons (Fsp3) is 0.188. The van der Waals surface area contributed by atoms with E-state index in [0.717, 1.165) is 11.1 Å². The number of hydrogen-bond donors (Lipinski definition) is 1. The topological polar surface area (TPSA) is 38.3 Å². The van der Waals surface area contributed by atoms with E-state index < -0.39 is 11.7 Å². The highest BCUT2D eigenvalue weighted by Crippen LogP contribution is 2.18. The molecule has 3 nitrogen and oxygen atoms in total. The van der Waals surface area contributed by atoms with Crippen LogP contribution >= 0.6 is 15.9 Å². The molecular formula is C16H15BrFNO2. The highest BCUT2D eigenvalue weighted by atomic mass is 79.9. The van der Waals surface area contributed by atoms with Crippen molar-refractivity contribution in [1.29, 1.82) is 0 Å². The van der Waals surface area contributed by atoms with Crippen LogP contribution in [0, 0.1) is 5.82 Å². The molecule has 0 bridgehead atoms. The van der Waals surface area contributed by atoms with Crippen LogP contribution < -0.4 is 5.32 Å². The van der Waals surface area contributed by atoms with E-state index in [1.165, 1.54) is 6.07 Å². The summed E-state index contributed by atoms with van der Waals surface area (Å²) in [6.45, 7) is 0.793. The van der Waals surface area contributed by atoms with Gasteiger partial charge in [0.25, 0.3) is 5.91 Å². The average Bonchev–Trinajstić information content (AvgIpc) is 2.49. The Hall–Kier alpha value is -1.72. The van der Waals surface area contributed by atoms with Gasteiger partial charge in [-0.1, -0.05) is 30.3 Å². The van der Waals surface area contributed by atoms with E-state index in [9.17, 15) is 9.18 Å². The Balaban J connectivity index is 2.09.